The smallest absolute Gasteiger partial charge is 0.243 e. The van der Waals surface area contributed by atoms with Crippen molar-refractivity contribution in [2.45, 2.75) is 57.9 Å². The van der Waals surface area contributed by atoms with E-state index in [-0.39, 0.29) is 5.91 Å². The number of hydrazone groups is 1. The number of amides is 1. The molecule has 1 amide bonds. The van der Waals surface area contributed by atoms with Gasteiger partial charge in [0.15, 0.2) is 0 Å². The van der Waals surface area contributed by atoms with Crippen molar-refractivity contribution in [3.63, 3.8) is 0 Å². The Morgan fingerprint density at radius 2 is 1.88 bits per heavy atom. The molecule has 0 aromatic heterocycles. The van der Waals surface area contributed by atoms with Gasteiger partial charge in [-0.2, -0.15) is 5.10 Å². The van der Waals surface area contributed by atoms with Crippen LogP contribution in [0.4, 0.5) is 0 Å². The molecule has 1 fully saturated rings. The van der Waals surface area contributed by atoms with Crippen molar-refractivity contribution >= 4 is 11.6 Å². The molecule has 0 N–H and O–H groups in total. The predicted octanol–water partition coefficient (Wildman–Crippen LogP) is 2.99. The van der Waals surface area contributed by atoms with Crippen LogP contribution in [0.2, 0.25) is 0 Å². The summed E-state index contributed by atoms with van der Waals surface area (Å²) >= 11 is 0. The van der Waals surface area contributed by atoms with Gasteiger partial charge in [-0.15, -0.1) is 0 Å². The Kier molecular flexibility index (Phi) is 4.40. The minimum atomic E-state index is 0.146. The lowest BCUT2D eigenvalue weighted by Crippen LogP contribution is -2.41. The zero-order valence-electron chi connectivity index (χ0n) is 14.6. The lowest BCUT2D eigenvalue weighted by Gasteiger charge is -2.36. The van der Waals surface area contributed by atoms with Gasteiger partial charge in [0.25, 0.3) is 0 Å². The first-order valence-corrected chi connectivity index (χ1v) is 9.48. The number of hydrogen-bond acceptors (Lipinski definition) is 3. The number of hydrogen-bond donors (Lipinski definition) is 0. The molecule has 0 spiro atoms. The molecule has 0 unspecified atom stereocenters. The summed E-state index contributed by atoms with van der Waals surface area (Å²) < 4.78 is 0. The molecule has 1 saturated carbocycles. The molecule has 2 aliphatic heterocycles. The van der Waals surface area contributed by atoms with Gasteiger partial charge in [-0.3, -0.25) is 9.69 Å². The average molecular weight is 325 g/mol. The standard InChI is InChI=1S/C20H27N3O/c1-2-23-20(24)9-8-19(21-23)17-7-6-15-10-12-22(18-4-3-5-18)13-11-16(15)14-17/h6-7,14,18H,2-5,8-13H2,1H3. The van der Waals surface area contributed by atoms with Crippen molar-refractivity contribution in [1.29, 1.82) is 0 Å². The van der Waals surface area contributed by atoms with Crippen molar-refractivity contribution in [2.24, 2.45) is 5.10 Å². The molecule has 1 aliphatic carbocycles. The van der Waals surface area contributed by atoms with Crippen LogP contribution in [0.5, 0.6) is 0 Å². The Balaban J connectivity index is 1.54. The van der Waals surface area contributed by atoms with Gasteiger partial charge in [0.2, 0.25) is 5.91 Å². The summed E-state index contributed by atoms with van der Waals surface area (Å²) in [5, 5.41) is 6.19. The minimum absolute atomic E-state index is 0.146. The maximum Gasteiger partial charge on any atom is 0.243 e. The highest BCUT2D eigenvalue weighted by Gasteiger charge is 2.26. The number of rotatable bonds is 3. The largest absolute Gasteiger partial charge is 0.300 e. The summed E-state index contributed by atoms with van der Waals surface area (Å²) in [4.78, 5) is 14.5. The molecule has 128 valence electrons. The Morgan fingerprint density at radius 1 is 1.08 bits per heavy atom. The highest BCUT2D eigenvalue weighted by Crippen LogP contribution is 2.28. The maximum absolute atomic E-state index is 11.8. The molecule has 2 heterocycles. The van der Waals surface area contributed by atoms with E-state index < -0.39 is 0 Å². The third-order valence-electron chi connectivity index (χ3n) is 5.87. The van der Waals surface area contributed by atoms with E-state index >= 15 is 0 Å². The zero-order chi connectivity index (χ0) is 16.5. The van der Waals surface area contributed by atoms with Crippen LogP contribution in [-0.2, 0) is 17.6 Å². The monoisotopic (exact) mass is 325 g/mol. The van der Waals surface area contributed by atoms with Gasteiger partial charge in [-0.1, -0.05) is 18.6 Å². The number of benzene rings is 1. The van der Waals surface area contributed by atoms with Gasteiger partial charge in [-0.25, -0.2) is 5.01 Å². The third kappa shape index (κ3) is 3.00. The zero-order valence-corrected chi connectivity index (χ0v) is 14.6. The van der Waals surface area contributed by atoms with Crippen LogP contribution in [0.3, 0.4) is 0 Å². The molecule has 4 nitrogen and oxygen atoms in total. The Bertz CT molecular complexity index is 663. The van der Waals surface area contributed by atoms with E-state index in [0.29, 0.717) is 13.0 Å². The lowest BCUT2D eigenvalue weighted by atomic mass is 9.91. The SMILES string of the molecule is CCN1N=C(c2ccc3c(c2)CCN(C2CCC2)CC3)CCC1=O. The molecule has 0 atom stereocenters. The molecule has 0 saturated heterocycles. The van der Waals surface area contributed by atoms with Crippen LogP contribution >= 0.6 is 0 Å². The molecule has 0 bridgehead atoms. The summed E-state index contributed by atoms with van der Waals surface area (Å²) in [6.07, 6.45) is 7.84. The van der Waals surface area contributed by atoms with Crippen LogP contribution < -0.4 is 0 Å². The topological polar surface area (TPSA) is 35.9 Å². The van der Waals surface area contributed by atoms with Gasteiger partial charge in [-0.05, 0) is 55.4 Å². The summed E-state index contributed by atoms with van der Waals surface area (Å²) in [5.41, 5.74) is 5.26. The average Bonchev–Trinajstić information content (AvgIpc) is 2.76. The number of fused-ring (bicyclic) bond motifs is 1. The van der Waals surface area contributed by atoms with Gasteiger partial charge >= 0.3 is 0 Å². The number of carbonyl (C=O) groups is 1. The van der Waals surface area contributed by atoms with E-state index in [1.165, 1.54) is 49.0 Å². The highest BCUT2D eigenvalue weighted by molar-refractivity contribution is 6.04. The predicted molar refractivity (Wildman–Crippen MR) is 96.2 cm³/mol. The Morgan fingerprint density at radius 3 is 2.58 bits per heavy atom. The lowest BCUT2D eigenvalue weighted by molar-refractivity contribution is -0.131. The van der Waals surface area contributed by atoms with Crippen molar-refractivity contribution in [2.75, 3.05) is 19.6 Å². The Hall–Kier alpha value is -1.68. The molecule has 3 aliphatic rings. The fourth-order valence-electron chi connectivity index (χ4n) is 4.09. The van der Waals surface area contributed by atoms with E-state index in [9.17, 15) is 4.79 Å². The first-order valence-electron chi connectivity index (χ1n) is 9.48. The fourth-order valence-corrected chi connectivity index (χ4v) is 4.09. The van der Waals surface area contributed by atoms with Crippen LogP contribution in [0.25, 0.3) is 0 Å². The second kappa shape index (κ2) is 6.67. The van der Waals surface area contributed by atoms with E-state index in [0.717, 1.165) is 31.0 Å². The van der Waals surface area contributed by atoms with Gasteiger partial charge in [0.1, 0.15) is 0 Å². The van der Waals surface area contributed by atoms with Crippen molar-refractivity contribution in [3.8, 4) is 0 Å². The van der Waals surface area contributed by atoms with Crippen molar-refractivity contribution in [3.05, 3.63) is 34.9 Å². The summed E-state index contributed by atoms with van der Waals surface area (Å²) in [6, 6.07) is 7.68. The quantitative estimate of drug-likeness (QED) is 0.856. The molecule has 4 rings (SSSR count). The van der Waals surface area contributed by atoms with E-state index in [1.54, 1.807) is 5.01 Å². The van der Waals surface area contributed by atoms with Crippen molar-refractivity contribution in [1.82, 2.24) is 9.91 Å². The molecular formula is C20H27N3O. The maximum atomic E-state index is 11.8. The molecule has 1 aromatic rings. The van der Waals surface area contributed by atoms with E-state index in [4.69, 9.17) is 0 Å². The van der Waals surface area contributed by atoms with Gasteiger partial charge < -0.3 is 0 Å². The summed E-state index contributed by atoms with van der Waals surface area (Å²) in [6.45, 7) is 5.03. The molecular weight excluding hydrogens is 298 g/mol. The van der Waals surface area contributed by atoms with Gasteiger partial charge in [0, 0.05) is 38.5 Å². The highest BCUT2D eigenvalue weighted by atomic mass is 16.2. The van der Waals surface area contributed by atoms with Gasteiger partial charge in [0.05, 0.1) is 5.71 Å². The second-order valence-electron chi connectivity index (χ2n) is 7.26. The first-order chi connectivity index (χ1) is 11.7. The van der Waals surface area contributed by atoms with E-state index in [1.807, 2.05) is 6.92 Å². The fraction of sp³-hybridized carbons (Fsp3) is 0.600. The first kappa shape index (κ1) is 15.8. The normalized spacial score (nSPS) is 22.6. The second-order valence-corrected chi connectivity index (χ2v) is 7.26. The van der Waals surface area contributed by atoms with Crippen LogP contribution in [-0.4, -0.2) is 47.2 Å². The summed E-state index contributed by atoms with van der Waals surface area (Å²) in [7, 11) is 0. The van der Waals surface area contributed by atoms with E-state index in [2.05, 4.69) is 28.2 Å². The van der Waals surface area contributed by atoms with Crippen LogP contribution in [0.1, 0.15) is 55.7 Å². The summed E-state index contributed by atoms with van der Waals surface area (Å²) in [5.74, 6) is 0.146. The Labute approximate surface area is 144 Å². The molecule has 0 radical (unpaired) electrons. The molecule has 4 heteroatoms. The number of nitrogens with zero attached hydrogens (tertiary/aromatic N) is 3. The number of carbonyl (C=O) groups excluding carboxylic acids is 1. The van der Waals surface area contributed by atoms with Crippen LogP contribution in [0.15, 0.2) is 23.3 Å². The molecule has 1 aromatic carbocycles. The third-order valence-corrected chi connectivity index (χ3v) is 5.87. The van der Waals surface area contributed by atoms with Crippen LogP contribution in [0, 0.1) is 0 Å². The molecule has 24 heavy (non-hydrogen) atoms. The minimum Gasteiger partial charge on any atom is -0.300 e. The van der Waals surface area contributed by atoms with Crippen molar-refractivity contribution < 1.29 is 4.79 Å².